The van der Waals surface area contributed by atoms with Crippen molar-refractivity contribution in [2.24, 2.45) is 5.92 Å². The minimum Gasteiger partial charge on any atom is -0.335 e. The molecule has 148 valence electrons. The van der Waals surface area contributed by atoms with Crippen molar-refractivity contribution in [3.05, 3.63) is 59.4 Å². The summed E-state index contributed by atoms with van der Waals surface area (Å²) in [5.41, 5.74) is 1.12. The predicted molar refractivity (Wildman–Crippen MR) is 105 cm³/mol. The van der Waals surface area contributed by atoms with E-state index in [9.17, 15) is 17.6 Å². The van der Waals surface area contributed by atoms with E-state index in [-0.39, 0.29) is 16.5 Å². The number of carbonyl (C=O) groups is 1. The topological polar surface area (TPSA) is 66.5 Å². The fraction of sp³-hybridized carbons (Fsp3) is 0.381. The zero-order valence-electron chi connectivity index (χ0n) is 15.7. The highest BCUT2D eigenvalue weighted by Gasteiger charge is 2.36. The number of hydrogen-bond donors (Lipinski definition) is 1. The average Bonchev–Trinajstić information content (AvgIpc) is 3.54. The summed E-state index contributed by atoms with van der Waals surface area (Å²) in [7, 11) is -3.94. The minimum absolute atomic E-state index is 0.0585. The lowest BCUT2D eigenvalue weighted by atomic mass is 10.1. The number of sulfonamides is 1. The van der Waals surface area contributed by atoms with Crippen LogP contribution in [0.5, 0.6) is 0 Å². The zero-order chi connectivity index (χ0) is 19.9. The predicted octanol–water partition coefficient (Wildman–Crippen LogP) is 3.95. The number of nitrogens with zero attached hydrogens (tertiary/aromatic N) is 1. The molecule has 1 amide bonds. The number of rotatable bonds is 7. The number of anilines is 1. The molecule has 28 heavy (non-hydrogen) atoms. The molecule has 2 aliphatic rings. The van der Waals surface area contributed by atoms with Crippen LogP contribution in [-0.4, -0.2) is 31.8 Å². The van der Waals surface area contributed by atoms with E-state index in [4.69, 9.17) is 0 Å². The van der Waals surface area contributed by atoms with Gasteiger partial charge in [0, 0.05) is 23.8 Å². The SMILES string of the molecule is Cc1ccc(S(=O)(=O)Nc2cccc(C(=O)N(CC3CC3)C3CC3)c2)cc1F. The molecule has 2 aromatic rings. The number of aryl methyl sites for hydroxylation is 1. The van der Waals surface area contributed by atoms with Crippen molar-refractivity contribution >= 4 is 21.6 Å². The molecule has 0 aromatic heterocycles. The molecule has 0 spiro atoms. The van der Waals surface area contributed by atoms with E-state index in [0.29, 0.717) is 23.1 Å². The van der Waals surface area contributed by atoms with Crippen molar-refractivity contribution in [3.8, 4) is 0 Å². The number of hydrogen-bond acceptors (Lipinski definition) is 3. The van der Waals surface area contributed by atoms with Crippen LogP contribution in [0.15, 0.2) is 47.4 Å². The van der Waals surface area contributed by atoms with E-state index in [1.165, 1.54) is 25.0 Å². The largest absolute Gasteiger partial charge is 0.335 e. The van der Waals surface area contributed by atoms with E-state index < -0.39 is 15.8 Å². The van der Waals surface area contributed by atoms with Gasteiger partial charge in [0.25, 0.3) is 15.9 Å². The highest BCUT2D eigenvalue weighted by Crippen LogP contribution is 2.35. The van der Waals surface area contributed by atoms with E-state index in [0.717, 1.165) is 25.5 Å². The minimum atomic E-state index is -3.94. The molecule has 0 aliphatic heterocycles. The van der Waals surface area contributed by atoms with Crippen LogP contribution in [0.2, 0.25) is 0 Å². The summed E-state index contributed by atoms with van der Waals surface area (Å²) in [6, 6.07) is 10.6. The number of halogens is 1. The van der Waals surface area contributed by atoms with Gasteiger partial charge in [-0.05, 0) is 74.4 Å². The lowest BCUT2D eigenvalue weighted by Crippen LogP contribution is -2.34. The van der Waals surface area contributed by atoms with Crippen molar-refractivity contribution in [3.63, 3.8) is 0 Å². The summed E-state index contributed by atoms with van der Waals surface area (Å²) in [6.45, 7) is 2.35. The number of benzene rings is 2. The lowest BCUT2D eigenvalue weighted by molar-refractivity contribution is 0.0735. The molecule has 7 heteroatoms. The monoisotopic (exact) mass is 402 g/mol. The van der Waals surface area contributed by atoms with Gasteiger partial charge >= 0.3 is 0 Å². The molecule has 0 bridgehead atoms. The number of amides is 1. The molecule has 0 radical (unpaired) electrons. The molecule has 5 nitrogen and oxygen atoms in total. The molecule has 0 unspecified atom stereocenters. The van der Waals surface area contributed by atoms with Gasteiger partial charge in [-0.15, -0.1) is 0 Å². The Balaban J connectivity index is 1.54. The molecular weight excluding hydrogens is 379 g/mol. The molecule has 0 saturated heterocycles. The Morgan fingerprint density at radius 2 is 1.89 bits per heavy atom. The molecular formula is C21H23FN2O3S. The van der Waals surface area contributed by atoms with Gasteiger partial charge in [0.1, 0.15) is 5.82 Å². The Kier molecular flexibility index (Phi) is 4.87. The first-order chi connectivity index (χ1) is 13.3. The number of carbonyl (C=O) groups excluding carboxylic acids is 1. The van der Waals surface area contributed by atoms with Crippen LogP contribution in [0, 0.1) is 18.7 Å². The lowest BCUT2D eigenvalue weighted by Gasteiger charge is -2.22. The van der Waals surface area contributed by atoms with Gasteiger partial charge in [0.2, 0.25) is 0 Å². The Hall–Kier alpha value is -2.41. The first-order valence-corrected chi connectivity index (χ1v) is 11.0. The summed E-state index contributed by atoms with van der Waals surface area (Å²) < 4.78 is 41.4. The van der Waals surface area contributed by atoms with Crippen molar-refractivity contribution in [1.29, 1.82) is 0 Å². The van der Waals surface area contributed by atoms with Crippen molar-refractivity contribution in [2.45, 2.75) is 43.5 Å². The summed E-state index contributed by atoms with van der Waals surface area (Å²) >= 11 is 0. The van der Waals surface area contributed by atoms with Crippen LogP contribution in [0.1, 0.15) is 41.6 Å². The average molecular weight is 402 g/mol. The quantitative estimate of drug-likeness (QED) is 0.763. The maximum atomic E-state index is 13.8. The standard InChI is InChI=1S/C21H23FN2O3S/c1-14-5-10-19(12-20(14)22)28(26,27)23-17-4-2-3-16(11-17)21(25)24(18-8-9-18)13-15-6-7-15/h2-5,10-12,15,18,23H,6-9,13H2,1H3. The van der Waals surface area contributed by atoms with Crippen LogP contribution in [0.4, 0.5) is 10.1 Å². The third-order valence-corrected chi connectivity index (χ3v) is 6.59. The third kappa shape index (κ3) is 4.19. The van der Waals surface area contributed by atoms with E-state index >= 15 is 0 Å². The van der Waals surface area contributed by atoms with Crippen LogP contribution >= 0.6 is 0 Å². The van der Waals surface area contributed by atoms with Crippen LogP contribution in [0.3, 0.4) is 0 Å². The molecule has 0 atom stereocenters. The molecule has 2 fully saturated rings. The fourth-order valence-corrected chi connectivity index (χ4v) is 4.26. The van der Waals surface area contributed by atoms with Gasteiger partial charge in [-0.2, -0.15) is 0 Å². The van der Waals surface area contributed by atoms with Crippen molar-refractivity contribution in [1.82, 2.24) is 4.90 Å². The summed E-state index contributed by atoms with van der Waals surface area (Å²) in [5, 5.41) is 0. The van der Waals surface area contributed by atoms with Crippen LogP contribution in [-0.2, 0) is 10.0 Å². The van der Waals surface area contributed by atoms with Crippen molar-refractivity contribution in [2.75, 3.05) is 11.3 Å². The smallest absolute Gasteiger partial charge is 0.261 e. The second-order valence-corrected chi connectivity index (χ2v) is 9.41. The highest BCUT2D eigenvalue weighted by molar-refractivity contribution is 7.92. The second kappa shape index (κ2) is 7.20. The Morgan fingerprint density at radius 1 is 1.14 bits per heavy atom. The van der Waals surface area contributed by atoms with Gasteiger partial charge < -0.3 is 4.90 Å². The molecule has 2 aliphatic carbocycles. The van der Waals surface area contributed by atoms with E-state index in [1.807, 2.05) is 4.90 Å². The third-order valence-electron chi connectivity index (χ3n) is 5.22. The Bertz CT molecular complexity index is 1010. The summed E-state index contributed by atoms with van der Waals surface area (Å²) in [4.78, 5) is 14.7. The maximum Gasteiger partial charge on any atom is 0.261 e. The normalized spacial score (nSPS) is 16.6. The van der Waals surface area contributed by atoms with Crippen LogP contribution in [0.25, 0.3) is 0 Å². The molecule has 0 heterocycles. The number of nitrogens with one attached hydrogen (secondary N) is 1. The Labute approximate surface area is 164 Å². The van der Waals surface area contributed by atoms with Gasteiger partial charge in [-0.3, -0.25) is 9.52 Å². The van der Waals surface area contributed by atoms with Crippen molar-refractivity contribution < 1.29 is 17.6 Å². The van der Waals surface area contributed by atoms with Gasteiger partial charge in [-0.1, -0.05) is 12.1 Å². The van der Waals surface area contributed by atoms with Gasteiger partial charge in [0.05, 0.1) is 4.90 Å². The Morgan fingerprint density at radius 3 is 2.54 bits per heavy atom. The van der Waals surface area contributed by atoms with E-state index in [2.05, 4.69) is 4.72 Å². The summed E-state index contributed by atoms with van der Waals surface area (Å²) in [6.07, 6.45) is 4.40. The zero-order valence-corrected chi connectivity index (χ0v) is 16.5. The second-order valence-electron chi connectivity index (χ2n) is 7.73. The summed E-state index contributed by atoms with van der Waals surface area (Å²) in [5.74, 6) is -0.0357. The first kappa shape index (κ1) is 18.9. The fourth-order valence-electron chi connectivity index (χ4n) is 3.20. The highest BCUT2D eigenvalue weighted by atomic mass is 32.2. The van der Waals surface area contributed by atoms with Crippen LogP contribution < -0.4 is 4.72 Å². The molecule has 2 aromatic carbocycles. The maximum absolute atomic E-state index is 13.8. The van der Waals surface area contributed by atoms with Gasteiger partial charge in [-0.25, -0.2) is 12.8 Å². The molecule has 2 saturated carbocycles. The molecule has 4 rings (SSSR count). The first-order valence-electron chi connectivity index (χ1n) is 9.53. The van der Waals surface area contributed by atoms with Gasteiger partial charge in [0.15, 0.2) is 0 Å². The molecule has 1 N–H and O–H groups in total. The van der Waals surface area contributed by atoms with E-state index in [1.54, 1.807) is 31.2 Å².